The zero-order chi connectivity index (χ0) is 27.4. The van der Waals surface area contributed by atoms with E-state index < -0.39 is 11.9 Å². The molecule has 5 rings (SSSR count). The van der Waals surface area contributed by atoms with Crippen LogP contribution in [0.25, 0.3) is 0 Å². The van der Waals surface area contributed by atoms with Crippen LogP contribution in [0.2, 0.25) is 0 Å². The number of fused-ring (bicyclic) bond motifs is 1. The maximum Gasteiger partial charge on any atom is 0.241 e. The average molecular weight is 535 g/mol. The predicted octanol–water partition coefficient (Wildman–Crippen LogP) is 1.98. The molecule has 2 aliphatic carbocycles. The van der Waals surface area contributed by atoms with Gasteiger partial charge in [0, 0.05) is 36.1 Å². The van der Waals surface area contributed by atoms with E-state index in [1.165, 1.54) is 11.3 Å². The first-order valence-corrected chi connectivity index (χ1v) is 14.0. The number of nitrogens with zero attached hydrogens (tertiary/aromatic N) is 2. The van der Waals surface area contributed by atoms with Gasteiger partial charge in [0.25, 0.3) is 0 Å². The number of hydrogen-bond acceptors (Lipinski definition) is 7. The van der Waals surface area contributed by atoms with Crippen molar-refractivity contribution >= 4 is 40.6 Å². The van der Waals surface area contributed by atoms with Crippen molar-refractivity contribution in [1.82, 2.24) is 20.5 Å². The molecule has 1 spiro atoms. The second-order valence-electron chi connectivity index (χ2n) is 11.9. The Kier molecular flexibility index (Phi) is 9.20. The largest absolute Gasteiger partial charge is 0.368 e. The van der Waals surface area contributed by atoms with Crippen molar-refractivity contribution in [2.45, 2.75) is 71.9 Å². The van der Waals surface area contributed by atoms with Crippen LogP contribution < -0.4 is 21.7 Å². The second kappa shape index (κ2) is 11.8. The molecule has 3 heterocycles. The molecule has 206 valence electrons. The van der Waals surface area contributed by atoms with Gasteiger partial charge in [-0.15, -0.1) is 11.3 Å². The van der Waals surface area contributed by atoms with Gasteiger partial charge in [-0.05, 0) is 48.9 Å². The third kappa shape index (κ3) is 7.66. The summed E-state index contributed by atoms with van der Waals surface area (Å²) in [7, 11) is 0. The Labute approximate surface area is 223 Å². The number of piperidine rings is 1. The summed E-state index contributed by atoms with van der Waals surface area (Å²) in [5.74, 6) is 1.64. The van der Waals surface area contributed by atoms with Crippen LogP contribution in [0.4, 0.5) is 5.13 Å². The number of rotatable bonds is 8. The molecule has 4 amide bonds. The van der Waals surface area contributed by atoms with Crippen LogP contribution >= 0.6 is 11.3 Å². The number of nitrogens with one attached hydrogen (secondary N) is 3. The van der Waals surface area contributed by atoms with E-state index in [0.29, 0.717) is 24.8 Å². The van der Waals surface area contributed by atoms with Crippen molar-refractivity contribution in [3.63, 3.8) is 0 Å². The van der Waals surface area contributed by atoms with Gasteiger partial charge >= 0.3 is 0 Å². The third-order valence-electron chi connectivity index (χ3n) is 7.68. The molecular weight excluding hydrogens is 492 g/mol. The van der Waals surface area contributed by atoms with Crippen LogP contribution in [0.15, 0.2) is 11.6 Å². The lowest BCUT2D eigenvalue weighted by Crippen LogP contribution is -2.42. The Bertz CT molecular complexity index is 946. The standard InChI is InChI=1S/C12H17N3OS.C10H15N3O3.C4H10/c1-12(2)8-6-15(7-9(8)12)10(16)5-14-11-13-3-4-17-11;11-8(15)7(12-5-14)3-6-4-10(1-2-10)13-9(6)16;1-4(2)3/h3-4,8-9H,5-7H2,1-2H3,(H,13,14);5-7H,1-4H2,(H2,11,15)(H,12,14)(H,13,16);4H,1-3H3. The summed E-state index contributed by atoms with van der Waals surface area (Å²) in [6.45, 7) is 13.4. The van der Waals surface area contributed by atoms with E-state index in [9.17, 15) is 19.2 Å². The molecule has 0 bridgehead atoms. The SMILES string of the molecule is CC(C)C.CC1(C)C2CN(C(=O)CNc3nccs3)CC21.NC(=O)C(CC1CC2(CC2)NC1=O)NC=O. The molecular formula is C26H42N6O4S. The maximum absolute atomic E-state index is 12.0. The molecule has 4 atom stereocenters. The average Bonchev–Trinajstić information content (AvgIpc) is 3.36. The van der Waals surface area contributed by atoms with Crippen molar-refractivity contribution in [3.8, 4) is 0 Å². The zero-order valence-electron chi connectivity index (χ0n) is 22.6. The molecule has 4 unspecified atom stereocenters. The Balaban J connectivity index is 0.000000180. The first-order chi connectivity index (χ1) is 17.4. The van der Waals surface area contributed by atoms with Gasteiger partial charge in [0.05, 0.1) is 6.54 Å². The molecule has 37 heavy (non-hydrogen) atoms. The number of nitrogens with two attached hydrogens (primary N) is 1. The van der Waals surface area contributed by atoms with E-state index in [4.69, 9.17) is 5.73 Å². The van der Waals surface area contributed by atoms with Gasteiger partial charge in [0.1, 0.15) is 6.04 Å². The Hall–Kier alpha value is -2.69. The molecule has 4 fully saturated rings. The van der Waals surface area contributed by atoms with Crippen LogP contribution in [0.3, 0.4) is 0 Å². The molecule has 2 saturated heterocycles. The molecule has 4 aliphatic rings. The molecule has 2 saturated carbocycles. The number of anilines is 1. The highest BCUT2D eigenvalue weighted by Crippen LogP contribution is 2.61. The minimum Gasteiger partial charge on any atom is -0.368 e. The van der Waals surface area contributed by atoms with Crippen LogP contribution in [-0.4, -0.2) is 65.2 Å². The van der Waals surface area contributed by atoms with E-state index in [0.717, 1.165) is 55.2 Å². The smallest absolute Gasteiger partial charge is 0.241 e. The molecule has 10 nitrogen and oxygen atoms in total. The van der Waals surface area contributed by atoms with Gasteiger partial charge in [-0.25, -0.2) is 4.98 Å². The minimum absolute atomic E-state index is 0.00880. The lowest BCUT2D eigenvalue weighted by atomic mass is 9.95. The van der Waals surface area contributed by atoms with E-state index >= 15 is 0 Å². The normalized spacial score (nSPS) is 26.1. The van der Waals surface area contributed by atoms with Crippen molar-refractivity contribution in [3.05, 3.63) is 11.6 Å². The fraction of sp³-hybridized carbons (Fsp3) is 0.731. The number of likely N-dealkylation sites (tertiary alicyclic amines) is 1. The number of amides is 4. The number of aromatic nitrogens is 1. The summed E-state index contributed by atoms with van der Waals surface area (Å²) in [5.41, 5.74) is 5.60. The number of carbonyl (C=O) groups excluding carboxylic acids is 4. The highest BCUT2D eigenvalue weighted by atomic mass is 32.1. The first kappa shape index (κ1) is 28.9. The Morgan fingerprint density at radius 2 is 1.89 bits per heavy atom. The second-order valence-corrected chi connectivity index (χ2v) is 12.8. The fourth-order valence-electron chi connectivity index (χ4n) is 5.19. The summed E-state index contributed by atoms with van der Waals surface area (Å²) in [6.07, 6.45) is 5.24. The summed E-state index contributed by atoms with van der Waals surface area (Å²) in [6, 6.07) is -0.748. The van der Waals surface area contributed by atoms with E-state index in [2.05, 4.69) is 55.6 Å². The predicted molar refractivity (Wildman–Crippen MR) is 143 cm³/mol. The lowest BCUT2D eigenvalue weighted by molar-refractivity contribution is -0.129. The summed E-state index contributed by atoms with van der Waals surface area (Å²) in [5, 5.41) is 11.1. The summed E-state index contributed by atoms with van der Waals surface area (Å²) >= 11 is 1.52. The van der Waals surface area contributed by atoms with Gasteiger partial charge in [-0.3, -0.25) is 19.2 Å². The topological polar surface area (TPSA) is 147 Å². The summed E-state index contributed by atoms with van der Waals surface area (Å²) in [4.78, 5) is 51.0. The molecule has 11 heteroatoms. The highest BCUT2D eigenvalue weighted by Gasteiger charge is 2.62. The minimum atomic E-state index is -0.748. The third-order valence-corrected chi connectivity index (χ3v) is 8.41. The van der Waals surface area contributed by atoms with Crippen LogP contribution in [0, 0.1) is 29.1 Å². The monoisotopic (exact) mass is 534 g/mol. The van der Waals surface area contributed by atoms with Gasteiger partial charge in [0.15, 0.2) is 5.13 Å². The summed E-state index contributed by atoms with van der Waals surface area (Å²) < 4.78 is 0. The van der Waals surface area contributed by atoms with Gasteiger partial charge in [-0.2, -0.15) is 0 Å². The van der Waals surface area contributed by atoms with Crippen molar-refractivity contribution in [2.24, 2.45) is 34.8 Å². The quantitative estimate of drug-likeness (QED) is 0.375. The molecule has 0 radical (unpaired) electrons. The molecule has 2 aliphatic heterocycles. The molecule has 5 N–H and O–H groups in total. The fourth-order valence-corrected chi connectivity index (χ4v) is 5.72. The molecule has 0 aromatic carbocycles. The molecule has 1 aromatic heterocycles. The van der Waals surface area contributed by atoms with Gasteiger partial charge in [0.2, 0.25) is 24.1 Å². The number of carbonyl (C=O) groups is 4. The van der Waals surface area contributed by atoms with Crippen molar-refractivity contribution in [2.75, 3.05) is 25.0 Å². The lowest BCUT2D eigenvalue weighted by Gasteiger charge is -2.22. The van der Waals surface area contributed by atoms with Crippen LogP contribution in [-0.2, 0) is 19.2 Å². The Morgan fingerprint density at radius 3 is 2.35 bits per heavy atom. The zero-order valence-corrected chi connectivity index (χ0v) is 23.4. The van der Waals surface area contributed by atoms with E-state index in [1.54, 1.807) is 6.20 Å². The van der Waals surface area contributed by atoms with E-state index in [-0.39, 0.29) is 23.3 Å². The first-order valence-electron chi connectivity index (χ1n) is 13.1. The maximum atomic E-state index is 12.0. The molecule has 1 aromatic rings. The van der Waals surface area contributed by atoms with Crippen LogP contribution in [0.1, 0.15) is 60.3 Å². The number of primary amides is 1. The van der Waals surface area contributed by atoms with Crippen LogP contribution in [0.5, 0.6) is 0 Å². The van der Waals surface area contributed by atoms with Crippen molar-refractivity contribution < 1.29 is 19.2 Å². The van der Waals surface area contributed by atoms with Gasteiger partial charge < -0.3 is 26.6 Å². The number of thiazole rings is 1. The highest BCUT2D eigenvalue weighted by molar-refractivity contribution is 7.13. The van der Waals surface area contributed by atoms with E-state index in [1.807, 2.05) is 10.3 Å². The Morgan fingerprint density at radius 1 is 1.27 bits per heavy atom. The number of hydrogen-bond donors (Lipinski definition) is 4. The van der Waals surface area contributed by atoms with Crippen molar-refractivity contribution in [1.29, 1.82) is 0 Å². The van der Waals surface area contributed by atoms with Gasteiger partial charge in [-0.1, -0.05) is 34.6 Å².